The van der Waals surface area contributed by atoms with E-state index in [1.807, 2.05) is 19.1 Å². The van der Waals surface area contributed by atoms with Crippen LogP contribution in [0.4, 0.5) is 10.8 Å². The summed E-state index contributed by atoms with van der Waals surface area (Å²) in [6.07, 6.45) is 3.39. The summed E-state index contributed by atoms with van der Waals surface area (Å²) in [4.78, 5) is 19.7. The van der Waals surface area contributed by atoms with E-state index in [9.17, 15) is 4.79 Å². The highest BCUT2D eigenvalue weighted by Gasteiger charge is 2.10. The maximum Gasteiger partial charge on any atom is 0.308 e. The van der Waals surface area contributed by atoms with E-state index >= 15 is 0 Å². The second-order valence-electron chi connectivity index (χ2n) is 3.46. The second kappa shape index (κ2) is 4.92. The van der Waals surface area contributed by atoms with Gasteiger partial charge in [0.25, 0.3) is 0 Å². The zero-order valence-corrected chi connectivity index (χ0v) is 9.99. The number of carboxylic acids is 1. The molecule has 2 aromatic heterocycles. The van der Waals surface area contributed by atoms with Gasteiger partial charge in [0.05, 0.1) is 24.0 Å². The summed E-state index contributed by atoms with van der Waals surface area (Å²) in [5.41, 5.74) is 1.59. The first-order valence-electron chi connectivity index (χ1n) is 5.00. The summed E-state index contributed by atoms with van der Waals surface area (Å²) >= 11 is 1.35. The van der Waals surface area contributed by atoms with Crippen molar-refractivity contribution in [2.45, 2.75) is 13.3 Å². The number of hydrogen-bond acceptors (Lipinski definition) is 5. The average Bonchev–Trinajstić information content (AvgIpc) is 2.59. The lowest BCUT2D eigenvalue weighted by Crippen LogP contribution is -1.99. The van der Waals surface area contributed by atoms with Gasteiger partial charge in [-0.25, -0.2) is 4.98 Å². The van der Waals surface area contributed by atoms with E-state index in [1.165, 1.54) is 11.3 Å². The summed E-state index contributed by atoms with van der Waals surface area (Å²) in [7, 11) is 0. The molecule has 0 radical (unpaired) electrons. The van der Waals surface area contributed by atoms with Gasteiger partial charge in [-0.2, -0.15) is 0 Å². The van der Waals surface area contributed by atoms with Gasteiger partial charge in [-0.3, -0.25) is 9.78 Å². The highest BCUT2D eigenvalue weighted by molar-refractivity contribution is 7.15. The molecule has 2 rings (SSSR count). The van der Waals surface area contributed by atoms with E-state index in [-0.39, 0.29) is 6.42 Å². The number of aromatic nitrogens is 2. The maximum absolute atomic E-state index is 10.6. The molecule has 0 amide bonds. The van der Waals surface area contributed by atoms with Crippen LogP contribution in [0.25, 0.3) is 0 Å². The fourth-order valence-corrected chi connectivity index (χ4v) is 2.32. The van der Waals surface area contributed by atoms with Crippen molar-refractivity contribution in [1.82, 2.24) is 9.97 Å². The Bertz CT molecular complexity index is 525. The zero-order chi connectivity index (χ0) is 12.3. The molecule has 0 saturated carbocycles. The Hall–Kier alpha value is -1.95. The summed E-state index contributed by atoms with van der Waals surface area (Å²) < 4.78 is 0. The van der Waals surface area contributed by atoms with Gasteiger partial charge < -0.3 is 10.4 Å². The highest BCUT2D eigenvalue weighted by Crippen LogP contribution is 2.25. The number of aryl methyl sites for hydroxylation is 1. The first-order chi connectivity index (χ1) is 8.15. The van der Waals surface area contributed by atoms with Crippen molar-refractivity contribution in [3.05, 3.63) is 35.1 Å². The van der Waals surface area contributed by atoms with Crippen LogP contribution in [-0.2, 0) is 11.2 Å². The van der Waals surface area contributed by atoms with Crippen LogP contribution >= 0.6 is 11.3 Å². The predicted molar refractivity (Wildman–Crippen MR) is 65.7 cm³/mol. The minimum Gasteiger partial charge on any atom is -0.481 e. The second-order valence-corrected chi connectivity index (χ2v) is 4.55. The molecule has 0 atom stereocenters. The molecule has 5 nitrogen and oxygen atoms in total. The largest absolute Gasteiger partial charge is 0.481 e. The molecule has 0 aliphatic carbocycles. The van der Waals surface area contributed by atoms with Gasteiger partial charge in [-0.05, 0) is 19.1 Å². The molecule has 88 valence electrons. The van der Waals surface area contributed by atoms with Crippen molar-refractivity contribution in [3.63, 3.8) is 0 Å². The number of hydrogen-bond donors (Lipinski definition) is 2. The number of rotatable bonds is 4. The van der Waals surface area contributed by atoms with Crippen molar-refractivity contribution in [1.29, 1.82) is 0 Å². The van der Waals surface area contributed by atoms with E-state index < -0.39 is 5.97 Å². The monoisotopic (exact) mass is 249 g/mol. The molecule has 6 heteroatoms. The van der Waals surface area contributed by atoms with Gasteiger partial charge in [0.15, 0.2) is 5.13 Å². The fraction of sp³-hybridized carbons (Fsp3) is 0.182. The van der Waals surface area contributed by atoms with E-state index in [1.54, 1.807) is 12.4 Å². The first-order valence-corrected chi connectivity index (χ1v) is 5.82. The Balaban J connectivity index is 2.15. The summed E-state index contributed by atoms with van der Waals surface area (Å²) in [5.74, 6) is -0.843. The van der Waals surface area contributed by atoms with Crippen LogP contribution in [0.3, 0.4) is 0 Å². The molecule has 0 saturated heterocycles. The van der Waals surface area contributed by atoms with E-state index in [2.05, 4.69) is 15.3 Å². The lowest BCUT2D eigenvalue weighted by molar-refractivity contribution is -0.136. The minimum absolute atomic E-state index is 0.0121. The van der Waals surface area contributed by atoms with Gasteiger partial charge in [0.1, 0.15) is 0 Å². The number of anilines is 2. The SMILES string of the molecule is Cc1nc(Nc2cccnc2)sc1CC(=O)O. The third-order valence-electron chi connectivity index (χ3n) is 2.12. The van der Waals surface area contributed by atoms with Crippen molar-refractivity contribution >= 4 is 28.1 Å². The molecule has 0 fully saturated rings. The topological polar surface area (TPSA) is 75.1 Å². The Labute approximate surface area is 102 Å². The number of aliphatic carboxylic acids is 1. The van der Waals surface area contributed by atoms with E-state index in [4.69, 9.17) is 5.11 Å². The highest BCUT2D eigenvalue weighted by atomic mass is 32.1. The van der Waals surface area contributed by atoms with Crippen molar-refractivity contribution in [2.24, 2.45) is 0 Å². The lowest BCUT2D eigenvalue weighted by atomic mass is 10.3. The number of nitrogens with zero attached hydrogens (tertiary/aromatic N) is 2. The molecule has 0 aliphatic rings. The van der Waals surface area contributed by atoms with Crippen LogP contribution in [0.2, 0.25) is 0 Å². The summed E-state index contributed by atoms with van der Waals surface area (Å²) in [6.45, 7) is 1.81. The summed E-state index contributed by atoms with van der Waals surface area (Å²) in [6, 6.07) is 3.70. The van der Waals surface area contributed by atoms with Crippen LogP contribution in [0.1, 0.15) is 10.6 Å². The Morgan fingerprint density at radius 3 is 3.06 bits per heavy atom. The lowest BCUT2D eigenvalue weighted by Gasteiger charge is -1.99. The molecule has 2 heterocycles. The number of carbonyl (C=O) groups is 1. The molecule has 0 spiro atoms. The number of pyridine rings is 1. The molecular formula is C11H11N3O2S. The molecule has 2 aromatic rings. The van der Waals surface area contributed by atoms with Gasteiger partial charge in [-0.1, -0.05) is 0 Å². The molecule has 0 bridgehead atoms. The van der Waals surface area contributed by atoms with E-state index in [0.717, 1.165) is 16.3 Å². The quantitative estimate of drug-likeness (QED) is 0.869. The molecule has 2 N–H and O–H groups in total. The Kier molecular flexibility index (Phi) is 3.34. The number of carboxylic acid groups (broad SMARTS) is 1. The van der Waals surface area contributed by atoms with Gasteiger partial charge in [0.2, 0.25) is 0 Å². The molecule has 0 unspecified atom stereocenters. The summed E-state index contributed by atoms with van der Waals surface area (Å²) in [5, 5.41) is 12.5. The van der Waals surface area contributed by atoms with Crippen LogP contribution in [-0.4, -0.2) is 21.0 Å². The average molecular weight is 249 g/mol. The number of thiazole rings is 1. The van der Waals surface area contributed by atoms with Crippen molar-refractivity contribution < 1.29 is 9.90 Å². The van der Waals surface area contributed by atoms with Gasteiger partial charge in [-0.15, -0.1) is 11.3 Å². The van der Waals surface area contributed by atoms with Crippen molar-refractivity contribution in [3.8, 4) is 0 Å². The Morgan fingerprint density at radius 1 is 1.59 bits per heavy atom. The molecule has 0 aromatic carbocycles. The fourth-order valence-electron chi connectivity index (χ4n) is 1.34. The van der Waals surface area contributed by atoms with Crippen LogP contribution < -0.4 is 5.32 Å². The van der Waals surface area contributed by atoms with Gasteiger partial charge >= 0.3 is 5.97 Å². The van der Waals surface area contributed by atoms with Crippen LogP contribution in [0.5, 0.6) is 0 Å². The van der Waals surface area contributed by atoms with E-state index in [0.29, 0.717) is 5.13 Å². The standard InChI is InChI=1S/C11H11N3O2S/c1-7-9(5-10(15)16)17-11(13-7)14-8-3-2-4-12-6-8/h2-4,6H,5H2,1H3,(H,13,14)(H,15,16). The minimum atomic E-state index is -0.843. The predicted octanol–water partition coefficient (Wildman–Crippen LogP) is 2.22. The molecule has 0 aliphatic heterocycles. The van der Waals surface area contributed by atoms with Crippen molar-refractivity contribution in [2.75, 3.05) is 5.32 Å². The normalized spacial score (nSPS) is 10.2. The smallest absolute Gasteiger partial charge is 0.308 e. The Morgan fingerprint density at radius 2 is 2.41 bits per heavy atom. The maximum atomic E-state index is 10.6. The molecular weight excluding hydrogens is 238 g/mol. The van der Waals surface area contributed by atoms with Crippen LogP contribution in [0, 0.1) is 6.92 Å². The third-order valence-corrected chi connectivity index (χ3v) is 3.19. The third kappa shape index (κ3) is 3.01. The molecule has 17 heavy (non-hydrogen) atoms. The van der Waals surface area contributed by atoms with Gasteiger partial charge in [0, 0.05) is 11.1 Å². The number of nitrogens with one attached hydrogen (secondary N) is 1. The first kappa shape index (κ1) is 11.5. The van der Waals surface area contributed by atoms with Crippen LogP contribution in [0.15, 0.2) is 24.5 Å². The zero-order valence-electron chi connectivity index (χ0n) is 9.17.